The van der Waals surface area contributed by atoms with Crippen molar-refractivity contribution in [3.63, 3.8) is 0 Å². The smallest absolute Gasteiger partial charge is 0.333 e. The van der Waals surface area contributed by atoms with Gasteiger partial charge >= 0.3 is 6.85 Å². The van der Waals surface area contributed by atoms with Crippen molar-refractivity contribution in [3.8, 4) is 22.3 Å². The monoisotopic (exact) mass is 790 g/mol. The molecule has 2 aliphatic heterocycles. The average Bonchev–Trinajstić information content (AvgIpc) is 3.93. The summed E-state index contributed by atoms with van der Waals surface area (Å²) >= 11 is 0. The lowest BCUT2D eigenvalue weighted by Gasteiger charge is -2.42. The summed E-state index contributed by atoms with van der Waals surface area (Å²) in [6.45, 7) is 25.9. The van der Waals surface area contributed by atoms with Crippen molar-refractivity contribution < 1.29 is 4.42 Å². The largest absolute Gasteiger partial charge is 0.455 e. The molecule has 0 N–H and O–H groups in total. The van der Waals surface area contributed by atoms with Gasteiger partial charge in [-0.3, -0.25) is 0 Å². The highest BCUT2D eigenvalue weighted by atomic mass is 16.3. The minimum absolute atomic E-state index is 0.0375. The number of hydrogen-bond acceptors (Lipinski definition) is 2. The predicted octanol–water partition coefficient (Wildman–Crippen LogP) is 14.2. The molecule has 0 atom stereocenters. The van der Waals surface area contributed by atoms with E-state index in [1.54, 1.807) is 0 Å². The van der Waals surface area contributed by atoms with Crippen LogP contribution in [0.2, 0.25) is 0 Å². The fourth-order valence-electron chi connectivity index (χ4n) is 11.9. The molecule has 61 heavy (non-hydrogen) atoms. The van der Waals surface area contributed by atoms with Gasteiger partial charge in [0.2, 0.25) is 0 Å². The second-order valence-corrected chi connectivity index (χ2v) is 22.2. The number of nitrogens with zero attached hydrogens (tertiary/aromatic N) is 2. The Morgan fingerprint density at radius 3 is 1.89 bits per heavy atom. The first-order valence-corrected chi connectivity index (χ1v) is 22.3. The Bertz CT molecular complexity index is 3610. The average molecular weight is 791 g/mol. The summed E-state index contributed by atoms with van der Waals surface area (Å²) in [6, 6.07) is 42.6. The molecule has 0 radical (unpaired) electrons. The molecule has 7 aromatic carbocycles. The van der Waals surface area contributed by atoms with Crippen LogP contribution < -0.4 is 15.7 Å². The van der Waals surface area contributed by atoms with E-state index in [-0.39, 0.29) is 28.5 Å². The van der Waals surface area contributed by atoms with Gasteiger partial charge < -0.3 is 13.6 Å². The van der Waals surface area contributed by atoms with E-state index in [9.17, 15) is 0 Å². The minimum atomic E-state index is -0.159. The van der Waals surface area contributed by atoms with Gasteiger partial charge in [-0.05, 0) is 115 Å². The molecular formula is C57H51BN2O. The zero-order valence-corrected chi connectivity index (χ0v) is 37.3. The molecule has 0 spiro atoms. The maximum atomic E-state index is 7.32. The van der Waals surface area contributed by atoms with E-state index in [0.717, 1.165) is 11.2 Å². The van der Waals surface area contributed by atoms with Crippen LogP contribution in [0.4, 0.5) is 11.4 Å². The number of para-hydroxylation sites is 1. The van der Waals surface area contributed by atoms with Crippen molar-refractivity contribution in [2.45, 2.75) is 97.8 Å². The molecular weight excluding hydrogens is 739 g/mol. The number of benzene rings is 7. The molecule has 0 saturated heterocycles. The van der Waals surface area contributed by atoms with Crippen LogP contribution in [0.3, 0.4) is 0 Å². The van der Waals surface area contributed by atoms with Crippen molar-refractivity contribution in [1.29, 1.82) is 0 Å². The van der Waals surface area contributed by atoms with Gasteiger partial charge in [0, 0.05) is 60.2 Å². The Kier molecular flexibility index (Phi) is 6.38. The molecule has 10 aromatic rings. The predicted molar refractivity (Wildman–Crippen MR) is 261 cm³/mol. The van der Waals surface area contributed by atoms with E-state index in [0.29, 0.717) is 0 Å². The van der Waals surface area contributed by atoms with Crippen molar-refractivity contribution in [2.75, 3.05) is 4.81 Å². The first-order chi connectivity index (χ1) is 28.9. The van der Waals surface area contributed by atoms with Crippen LogP contribution in [0.1, 0.15) is 104 Å². The third-order valence-corrected chi connectivity index (χ3v) is 15.1. The number of rotatable bonds is 1. The Labute approximate surface area is 358 Å². The van der Waals surface area contributed by atoms with E-state index >= 15 is 0 Å². The molecule has 5 heterocycles. The number of furan rings is 1. The third-order valence-electron chi connectivity index (χ3n) is 15.1. The van der Waals surface area contributed by atoms with Crippen LogP contribution >= 0.6 is 0 Å². The normalized spacial score (nSPS) is 15.5. The van der Waals surface area contributed by atoms with Crippen LogP contribution in [-0.4, -0.2) is 11.2 Å². The van der Waals surface area contributed by atoms with Crippen molar-refractivity contribution >= 4 is 89.2 Å². The standard InChI is InChI=1S/C57H51BN2O/c1-54(2,3)30-20-22-33(23-21-30)60-44-29-42-36(34-16-12-14-18-41(34)57(42,10)11)28-39(44)48-49-52-46(47-35-17-13-15-19-45(35)61-53(47)48)40-26-31(55(4,5)6)24-37-38-25-32(56(7,8)9)27-43(58(49)60)51(38)59(52)50(37)40/h12-29H,1-11H3. The number of anilines is 2. The first kappa shape index (κ1) is 35.7. The van der Waals surface area contributed by atoms with Gasteiger partial charge in [0.05, 0.1) is 16.6 Å². The zero-order chi connectivity index (χ0) is 42.0. The lowest BCUT2D eigenvalue weighted by atomic mass is 9.43. The number of hydrogen-bond donors (Lipinski definition) is 0. The van der Waals surface area contributed by atoms with E-state index in [4.69, 9.17) is 4.42 Å². The van der Waals surface area contributed by atoms with Gasteiger partial charge in [0.1, 0.15) is 11.2 Å². The maximum Gasteiger partial charge on any atom is 0.333 e. The highest BCUT2D eigenvalue weighted by molar-refractivity contribution is 6.95. The van der Waals surface area contributed by atoms with Crippen molar-refractivity contribution in [2.24, 2.45) is 0 Å². The number of fused-ring (bicyclic) bond motifs is 13. The highest BCUT2D eigenvalue weighted by Crippen LogP contribution is 2.57. The highest BCUT2D eigenvalue weighted by Gasteiger charge is 2.48. The summed E-state index contributed by atoms with van der Waals surface area (Å²) < 4.78 is 10.0. The van der Waals surface area contributed by atoms with Gasteiger partial charge in [0.15, 0.2) is 0 Å². The van der Waals surface area contributed by atoms with Gasteiger partial charge in [-0.1, -0.05) is 137 Å². The lowest BCUT2D eigenvalue weighted by molar-refractivity contribution is 0.590. The molecule has 0 amide bonds. The van der Waals surface area contributed by atoms with Gasteiger partial charge in [-0.15, -0.1) is 0 Å². The topological polar surface area (TPSA) is 20.8 Å². The first-order valence-electron chi connectivity index (χ1n) is 22.3. The molecule has 0 fully saturated rings. The molecule has 3 nitrogen and oxygen atoms in total. The van der Waals surface area contributed by atoms with Crippen LogP contribution in [0.25, 0.3) is 82.3 Å². The summed E-state index contributed by atoms with van der Waals surface area (Å²) in [4.78, 5) is 2.72. The summed E-state index contributed by atoms with van der Waals surface area (Å²) in [7, 11) is 0. The Hall–Kier alpha value is -6.00. The van der Waals surface area contributed by atoms with E-state index in [2.05, 4.69) is 195 Å². The Balaban J connectivity index is 1.30. The van der Waals surface area contributed by atoms with E-state index in [1.807, 2.05) is 0 Å². The minimum Gasteiger partial charge on any atom is -0.455 e. The quantitative estimate of drug-likeness (QED) is 0.154. The summed E-state index contributed by atoms with van der Waals surface area (Å²) in [5, 5.41) is 7.78. The molecule has 0 bridgehead atoms. The summed E-state index contributed by atoms with van der Waals surface area (Å²) in [5.41, 5.74) is 22.9. The van der Waals surface area contributed by atoms with Crippen LogP contribution in [0.5, 0.6) is 0 Å². The van der Waals surface area contributed by atoms with Gasteiger partial charge in [-0.25, -0.2) is 0 Å². The fraction of sp³-hybridized carbons (Fsp3) is 0.263. The maximum absolute atomic E-state index is 7.32. The third kappa shape index (κ3) is 4.31. The molecule has 0 saturated carbocycles. The van der Waals surface area contributed by atoms with Crippen LogP contribution in [0.15, 0.2) is 114 Å². The fourth-order valence-corrected chi connectivity index (χ4v) is 11.9. The lowest BCUT2D eigenvalue weighted by Crippen LogP contribution is -2.59. The molecule has 0 unspecified atom stereocenters. The SMILES string of the molecule is CC(C)(C)c1ccc(N2B3c4cc(C(C)(C)C)cc5c6cc(C(C)(C)C)cc7c8c9c(oc%10ccccc%109)c(c3c8n(c45)c67)-c3cc4c(cc32)C(C)(C)c2ccccc2-4)cc1. The van der Waals surface area contributed by atoms with Gasteiger partial charge in [-0.2, -0.15) is 0 Å². The molecule has 1 aliphatic carbocycles. The van der Waals surface area contributed by atoms with E-state index in [1.165, 1.54) is 121 Å². The Morgan fingerprint density at radius 1 is 0.525 bits per heavy atom. The molecule has 298 valence electrons. The van der Waals surface area contributed by atoms with E-state index < -0.39 is 0 Å². The van der Waals surface area contributed by atoms with Crippen molar-refractivity contribution in [3.05, 3.63) is 137 Å². The second-order valence-electron chi connectivity index (χ2n) is 22.2. The van der Waals surface area contributed by atoms with Crippen molar-refractivity contribution in [1.82, 2.24) is 4.40 Å². The van der Waals surface area contributed by atoms with Crippen LogP contribution in [-0.2, 0) is 21.7 Å². The Morgan fingerprint density at radius 2 is 1.16 bits per heavy atom. The number of aromatic nitrogens is 1. The van der Waals surface area contributed by atoms with Crippen LogP contribution in [0, 0.1) is 0 Å². The van der Waals surface area contributed by atoms with Gasteiger partial charge in [0.25, 0.3) is 0 Å². The molecule has 3 aliphatic rings. The molecule has 3 aromatic heterocycles. The molecule has 4 heteroatoms. The summed E-state index contributed by atoms with van der Waals surface area (Å²) in [6.07, 6.45) is 0. The summed E-state index contributed by atoms with van der Waals surface area (Å²) in [5.74, 6) is 0. The second kappa shape index (κ2) is 10.9. The zero-order valence-electron chi connectivity index (χ0n) is 37.3. The molecule has 13 rings (SSSR count).